The molecule has 0 saturated carbocycles. The zero-order valence-corrected chi connectivity index (χ0v) is 8.26. The molecule has 0 saturated heterocycles. The van der Waals surface area contributed by atoms with Crippen LogP contribution in [0.1, 0.15) is 26.5 Å². The highest BCUT2D eigenvalue weighted by molar-refractivity contribution is 5.21. The Kier molecular flexibility index (Phi) is 2.13. The molecular formula is C9H17N3. The van der Waals surface area contributed by atoms with Gasteiger partial charge >= 0.3 is 0 Å². The number of nitrogens with two attached hydrogens (primary N) is 1. The van der Waals surface area contributed by atoms with Gasteiger partial charge < -0.3 is 10.3 Å². The van der Waals surface area contributed by atoms with Gasteiger partial charge in [-0.3, -0.25) is 0 Å². The first-order chi connectivity index (χ1) is 5.40. The number of aryl methyl sites for hydroxylation is 1. The number of rotatable bonds is 1. The maximum absolute atomic E-state index is 5.70. The number of imidazole rings is 1. The third-order valence-electron chi connectivity index (χ3n) is 1.72. The average molecular weight is 167 g/mol. The fraction of sp³-hybridized carbons (Fsp3) is 0.667. The standard InChI is InChI=1S/C9H17N3/c1-7-5-11-8(10)12(7)6-9(2,3)4/h5H,6H2,1-4H3,(H2,10,11). The van der Waals surface area contributed by atoms with Crippen LogP contribution < -0.4 is 5.73 Å². The van der Waals surface area contributed by atoms with Crippen LogP contribution in [0.25, 0.3) is 0 Å². The molecule has 0 unspecified atom stereocenters. The number of nitrogen functional groups attached to an aromatic ring is 1. The van der Waals surface area contributed by atoms with Crippen LogP contribution in [-0.2, 0) is 6.54 Å². The van der Waals surface area contributed by atoms with Gasteiger partial charge in [0.2, 0.25) is 0 Å². The lowest BCUT2D eigenvalue weighted by molar-refractivity contribution is 0.343. The van der Waals surface area contributed by atoms with E-state index in [0.717, 1.165) is 12.2 Å². The Hall–Kier alpha value is -0.990. The molecule has 0 aliphatic rings. The van der Waals surface area contributed by atoms with E-state index in [1.54, 1.807) is 6.20 Å². The fourth-order valence-electron chi connectivity index (χ4n) is 1.16. The Morgan fingerprint density at radius 1 is 1.50 bits per heavy atom. The first-order valence-corrected chi connectivity index (χ1v) is 4.18. The highest BCUT2D eigenvalue weighted by Crippen LogP contribution is 2.19. The van der Waals surface area contributed by atoms with Crippen LogP contribution >= 0.6 is 0 Å². The minimum atomic E-state index is 0.250. The molecule has 0 fully saturated rings. The molecule has 0 aromatic carbocycles. The summed E-state index contributed by atoms with van der Waals surface area (Å²) in [7, 11) is 0. The number of aromatic nitrogens is 2. The van der Waals surface area contributed by atoms with Crippen LogP contribution in [0, 0.1) is 12.3 Å². The summed E-state index contributed by atoms with van der Waals surface area (Å²) in [4.78, 5) is 4.04. The van der Waals surface area contributed by atoms with Gasteiger partial charge in [0.1, 0.15) is 0 Å². The van der Waals surface area contributed by atoms with E-state index in [1.165, 1.54) is 0 Å². The lowest BCUT2D eigenvalue weighted by Crippen LogP contribution is -2.17. The van der Waals surface area contributed by atoms with Gasteiger partial charge in [0, 0.05) is 12.2 Å². The number of hydrogen-bond acceptors (Lipinski definition) is 2. The summed E-state index contributed by atoms with van der Waals surface area (Å²) < 4.78 is 2.04. The molecule has 0 amide bonds. The number of hydrogen-bond donors (Lipinski definition) is 1. The van der Waals surface area contributed by atoms with E-state index in [4.69, 9.17) is 5.73 Å². The smallest absolute Gasteiger partial charge is 0.200 e. The molecule has 3 heteroatoms. The summed E-state index contributed by atoms with van der Waals surface area (Å²) in [5.74, 6) is 0.613. The second-order valence-corrected chi connectivity index (χ2v) is 4.40. The molecule has 0 spiro atoms. The van der Waals surface area contributed by atoms with Crippen molar-refractivity contribution in [2.24, 2.45) is 5.41 Å². The molecule has 3 nitrogen and oxygen atoms in total. The molecule has 12 heavy (non-hydrogen) atoms. The van der Waals surface area contributed by atoms with E-state index in [-0.39, 0.29) is 5.41 Å². The largest absolute Gasteiger partial charge is 0.369 e. The third kappa shape index (κ3) is 2.00. The van der Waals surface area contributed by atoms with Gasteiger partial charge in [-0.25, -0.2) is 4.98 Å². The quantitative estimate of drug-likeness (QED) is 0.693. The molecule has 1 rings (SSSR count). The van der Waals surface area contributed by atoms with Gasteiger partial charge in [-0.2, -0.15) is 0 Å². The highest BCUT2D eigenvalue weighted by atomic mass is 15.2. The molecule has 1 aromatic heterocycles. The summed E-state index contributed by atoms with van der Waals surface area (Å²) in [5, 5.41) is 0. The van der Waals surface area contributed by atoms with E-state index >= 15 is 0 Å². The topological polar surface area (TPSA) is 43.8 Å². The Morgan fingerprint density at radius 3 is 2.42 bits per heavy atom. The monoisotopic (exact) mass is 167 g/mol. The average Bonchev–Trinajstić information content (AvgIpc) is 2.16. The molecule has 0 atom stereocenters. The fourth-order valence-corrected chi connectivity index (χ4v) is 1.16. The summed E-state index contributed by atoms with van der Waals surface area (Å²) >= 11 is 0. The number of nitrogens with zero attached hydrogens (tertiary/aromatic N) is 2. The normalized spacial score (nSPS) is 12.0. The van der Waals surface area contributed by atoms with Gasteiger partial charge in [0.05, 0.1) is 6.20 Å². The van der Waals surface area contributed by atoms with Gasteiger partial charge in [0.15, 0.2) is 5.95 Å². The van der Waals surface area contributed by atoms with Gasteiger partial charge in [-0.05, 0) is 12.3 Å². The Morgan fingerprint density at radius 2 is 2.08 bits per heavy atom. The first-order valence-electron chi connectivity index (χ1n) is 4.18. The molecule has 1 aromatic rings. The lowest BCUT2D eigenvalue weighted by atomic mass is 9.97. The Bertz CT molecular complexity index is 248. The van der Waals surface area contributed by atoms with Crippen LogP contribution in [0.5, 0.6) is 0 Å². The van der Waals surface area contributed by atoms with Gasteiger partial charge in [0.25, 0.3) is 0 Å². The van der Waals surface area contributed by atoms with Crippen LogP contribution in [0.3, 0.4) is 0 Å². The van der Waals surface area contributed by atoms with Crippen LogP contribution in [0.2, 0.25) is 0 Å². The molecule has 0 aliphatic heterocycles. The van der Waals surface area contributed by atoms with Crippen molar-refractivity contribution in [2.75, 3.05) is 5.73 Å². The summed E-state index contributed by atoms with van der Waals surface area (Å²) in [5.41, 5.74) is 7.08. The zero-order chi connectivity index (χ0) is 9.35. The van der Waals surface area contributed by atoms with Crippen LogP contribution in [0.15, 0.2) is 6.20 Å². The molecule has 0 aliphatic carbocycles. The molecule has 0 bridgehead atoms. The molecule has 68 valence electrons. The van der Waals surface area contributed by atoms with Crippen molar-refractivity contribution in [1.29, 1.82) is 0 Å². The highest BCUT2D eigenvalue weighted by Gasteiger charge is 2.14. The second kappa shape index (κ2) is 2.81. The molecule has 1 heterocycles. The predicted octanol–water partition coefficient (Wildman–Crippen LogP) is 1.82. The van der Waals surface area contributed by atoms with Crippen molar-refractivity contribution in [3.63, 3.8) is 0 Å². The maximum atomic E-state index is 5.70. The van der Waals surface area contributed by atoms with Crippen molar-refractivity contribution in [1.82, 2.24) is 9.55 Å². The Balaban J connectivity index is 2.88. The van der Waals surface area contributed by atoms with Crippen LogP contribution in [0.4, 0.5) is 5.95 Å². The van der Waals surface area contributed by atoms with Gasteiger partial charge in [-0.1, -0.05) is 20.8 Å². The van der Waals surface area contributed by atoms with Crippen molar-refractivity contribution < 1.29 is 0 Å². The number of anilines is 1. The van der Waals surface area contributed by atoms with Crippen molar-refractivity contribution in [3.8, 4) is 0 Å². The SMILES string of the molecule is Cc1cnc(N)n1CC(C)(C)C. The van der Waals surface area contributed by atoms with E-state index in [2.05, 4.69) is 25.8 Å². The predicted molar refractivity (Wildman–Crippen MR) is 50.8 cm³/mol. The molecule has 0 radical (unpaired) electrons. The van der Waals surface area contributed by atoms with Crippen molar-refractivity contribution in [3.05, 3.63) is 11.9 Å². The zero-order valence-electron chi connectivity index (χ0n) is 8.26. The van der Waals surface area contributed by atoms with E-state index in [0.29, 0.717) is 5.95 Å². The lowest BCUT2D eigenvalue weighted by Gasteiger charge is -2.20. The molecular weight excluding hydrogens is 150 g/mol. The second-order valence-electron chi connectivity index (χ2n) is 4.40. The maximum Gasteiger partial charge on any atom is 0.200 e. The Labute approximate surface area is 73.6 Å². The van der Waals surface area contributed by atoms with E-state index in [9.17, 15) is 0 Å². The summed E-state index contributed by atoms with van der Waals surface area (Å²) in [6, 6.07) is 0. The van der Waals surface area contributed by atoms with Crippen molar-refractivity contribution in [2.45, 2.75) is 34.2 Å². The molecule has 2 N–H and O–H groups in total. The third-order valence-corrected chi connectivity index (χ3v) is 1.72. The minimum absolute atomic E-state index is 0.250. The van der Waals surface area contributed by atoms with Gasteiger partial charge in [-0.15, -0.1) is 0 Å². The summed E-state index contributed by atoms with van der Waals surface area (Å²) in [6.45, 7) is 9.50. The first kappa shape index (κ1) is 9.10. The van der Waals surface area contributed by atoms with E-state index in [1.807, 2.05) is 11.5 Å². The minimum Gasteiger partial charge on any atom is -0.369 e. The van der Waals surface area contributed by atoms with Crippen LogP contribution in [-0.4, -0.2) is 9.55 Å². The summed E-state index contributed by atoms with van der Waals surface area (Å²) in [6.07, 6.45) is 1.81. The van der Waals surface area contributed by atoms with E-state index < -0.39 is 0 Å². The van der Waals surface area contributed by atoms with Crippen molar-refractivity contribution >= 4 is 5.95 Å².